The Morgan fingerprint density at radius 3 is 2.81 bits per heavy atom. The molecule has 2 aromatic carbocycles. The zero-order valence-corrected chi connectivity index (χ0v) is 19.5. The number of rotatable bonds is 5. The number of nitrogens with zero attached hydrogens (tertiary/aromatic N) is 4. The van der Waals surface area contributed by atoms with Gasteiger partial charge in [-0.15, -0.1) is 0 Å². The second-order valence-corrected chi connectivity index (χ2v) is 8.44. The second kappa shape index (κ2) is 8.99. The molecule has 1 fully saturated rings. The number of aliphatic imine (C=N–C) groups is 1. The van der Waals surface area contributed by atoms with Gasteiger partial charge in [0.25, 0.3) is 5.91 Å². The van der Waals surface area contributed by atoms with Crippen LogP contribution in [0.1, 0.15) is 16.7 Å². The molecule has 2 atom stereocenters. The van der Waals surface area contributed by atoms with Gasteiger partial charge in [-0.3, -0.25) is 10.1 Å². The van der Waals surface area contributed by atoms with E-state index in [-0.39, 0.29) is 5.91 Å². The summed E-state index contributed by atoms with van der Waals surface area (Å²) in [6, 6.07) is 12.4. The van der Waals surface area contributed by atoms with Gasteiger partial charge in [0.15, 0.2) is 12.2 Å². The van der Waals surface area contributed by atoms with E-state index in [4.69, 9.17) is 4.74 Å². The Kier molecular flexibility index (Phi) is 6.13. The number of hydrogen-bond acceptors (Lipinski definition) is 7. The summed E-state index contributed by atoms with van der Waals surface area (Å²) in [5.74, 6) is 0.692. The summed E-state index contributed by atoms with van der Waals surface area (Å²) in [7, 11) is 3.21. The number of carbonyl (C=O) groups is 2. The molecule has 1 saturated heterocycles. The number of methoxy groups -OCH3 is 1. The van der Waals surface area contributed by atoms with E-state index in [1.54, 1.807) is 20.4 Å². The third kappa shape index (κ3) is 4.18. The summed E-state index contributed by atoms with van der Waals surface area (Å²) in [6.45, 7) is 2.45. The van der Waals surface area contributed by atoms with E-state index >= 15 is 0 Å². The van der Waals surface area contributed by atoms with Crippen LogP contribution < -0.4 is 15.5 Å². The largest absolute Gasteiger partial charge is 0.496 e. The fourth-order valence-electron chi connectivity index (χ4n) is 3.73. The molecular weight excluding hydrogens is 476 g/mol. The molecule has 2 heterocycles. The van der Waals surface area contributed by atoms with Gasteiger partial charge in [-0.2, -0.15) is 5.10 Å². The molecule has 0 bridgehead atoms. The summed E-state index contributed by atoms with van der Waals surface area (Å²) in [5, 5.41) is 6.73. The molecule has 2 aliphatic heterocycles. The monoisotopic (exact) mass is 498 g/mol. The maximum atomic E-state index is 12.7. The van der Waals surface area contributed by atoms with Gasteiger partial charge in [-0.05, 0) is 36.2 Å². The van der Waals surface area contributed by atoms with Crippen molar-refractivity contribution in [2.45, 2.75) is 25.7 Å². The van der Waals surface area contributed by atoms with E-state index < -0.39 is 18.2 Å². The predicted octanol–water partition coefficient (Wildman–Crippen LogP) is 2.44. The van der Waals surface area contributed by atoms with Crippen LogP contribution in [0.15, 0.2) is 57.0 Å². The Labute approximate surface area is 194 Å². The van der Waals surface area contributed by atoms with Crippen molar-refractivity contribution < 1.29 is 14.3 Å². The topological polar surface area (TPSA) is 98.6 Å². The lowest BCUT2D eigenvalue weighted by molar-refractivity contribution is -0.127. The van der Waals surface area contributed by atoms with Crippen LogP contribution in [0.5, 0.6) is 5.75 Å². The van der Waals surface area contributed by atoms with Crippen molar-refractivity contribution in [2.24, 2.45) is 10.1 Å². The molecule has 10 heteroatoms. The maximum absolute atomic E-state index is 12.7. The molecule has 2 N–H and O–H groups in total. The highest BCUT2D eigenvalue weighted by Crippen LogP contribution is 2.26. The highest BCUT2D eigenvalue weighted by atomic mass is 79.9. The number of hydrogen-bond donors (Lipinski definition) is 2. The van der Waals surface area contributed by atoms with Gasteiger partial charge < -0.3 is 14.5 Å². The van der Waals surface area contributed by atoms with Crippen LogP contribution in [0.3, 0.4) is 0 Å². The lowest BCUT2D eigenvalue weighted by Crippen LogP contribution is -2.63. The minimum absolute atomic E-state index is 0.384. The molecule has 0 aliphatic carbocycles. The maximum Gasteiger partial charge on any atom is 0.325 e. The second-order valence-electron chi connectivity index (χ2n) is 7.53. The summed E-state index contributed by atoms with van der Waals surface area (Å²) >= 11 is 3.45. The number of amides is 3. The van der Waals surface area contributed by atoms with Crippen molar-refractivity contribution in [3.8, 4) is 5.75 Å². The molecule has 2 aromatic rings. The first kappa shape index (κ1) is 21.8. The average Bonchev–Trinajstić information content (AvgIpc) is 3.13. The number of benzene rings is 2. The van der Waals surface area contributed by atoms with Gasteiger partial charge in [0, 0.05) is 23.6 Å². The number of ether oxygens (including phenoxy) is 1. The minimum Gasteiger partial charge on any atom is -0.496 e. The van der Waals surface area contributed by atoms with Crippen LogP contribution in [0.2, 0.25) is 0 Å². The Bertz CT molecular complexity index is 1120. The van der Waals surface area contributed by atoms with Crippen molar-refractivity contribution in [3.05, 3.63) is 63.6 Å². The van der Waals surface area contributed by atoms with Crippen LogP contribution in [-0.4, -0.2) is 60.3 Å². The van der Waals surface area contributed by atoms with Gasteiger partial charge in [0.2, 0.25) is 5.96 Å². The number of imide groups is 1. The van der Waals surface area contributed by atoms with Gasteiger partial charge in [-0.1, -0.05) is 40.2 Å². The Morgan fingerprint density at radius 1 is 1.28 bits per heavy atom. The third-order valence-corrected chi connectivity index (χ3v) is 6.02. The number of hydrazone groups is 1. The lowest BCUT2D eigenvalue weighted by Gasteiger charge is -2.36. The molecule has 0 spiro atoms. The Hall–Kier alpha value is -3.40. The summed E-state index contributed by atoms with van der Waals surface area (Å²) in [4.78, 5) is 32.7. The number of aryl methyl sites for hydroxylation is 1. The third-order valence-electron chi connectivity index (χ3n) is 5.52. The van der Waals surface area contributed by atoms with Gasteiger partial charge in [0.05, 0.1) is 13.3 Å². The van der Waals surface area contributed by atoms with Crippen molar-refractivity contribution in [3.63, 3.8) is 0 Å². The van der Waals surface area contributed by atoms with Crippen molar-refractivity contribution in [1.82, 2.24) is 20.5 Å². The molecular formula is C22H23BrN6O3. The zero-order chi connectivity index (χ0) is 22.8. The quantitative estimate of drug-likeness (QED) is 0.487. The van der Waals surface area contributed by atoms with Gasteiger partial charge >= 0.3 is 6.03 Å². The summed E-state index contributed by atoms with van der Waals surface area (Å²) in [6.07, 6.45) is 0.980. The van der Waals surface area contributed by atoms with Crippen molar-refractivity contribution in [2.75, 3.05) is 14.2 Å². The van der Waals surface area contributed by atoms with Crippen molar-refractivity contribution >= 4 is 40.0 Å². The molecule has 2 aliphatic rings. The number of likely N-dealkylation sites (N-methyl/N-ethyl adjacent to an activating group) is 1. The molecule has 0 aromatic heterocycles. The molecule has 2 unspecified atom stereocenters. The van der Waals surface area contributed by atoms with E-state index in [9.17, 15) is 9.59 Å². The standard InChI is InChI=1S/C22H23BrN6O3/c1-13-6-4-5-7-14(13)12-29-18-19(28(2)22(31)26-20(18)30)25-21(29)27-24-11-15-10-16(23)8-9-17(15)32-3/h4-11,18-19H,12H2,1-3H3,(H,25,27)(H,26,30,31)/b24-11+. The van der Waals surface area contributed by atoms with E-state index in [1.165, 1.54) is 4.90 Å². The van der Waals surface area contributed by atoms with Crippen LogP contribution >= 0.6 is 15.9 Å². The molecule has 3 amide bonds. The van der Waals surface area contributed by atoms with E-state index in [1.807, 2.05) is 54.3 Å². The number of guanidine groups is 1. The van der Waals surface area contributed by atoms with Crippen LogP contribution in [-0.2, 0) is 11.3 Å². The zero-order valence-electron chi connectivity index (χ0n) is 17.9. The molecule has 0 radical (unpaired) electrons. The van der Waals surface area contributed by atoms with E-state index in [0.29, 0.717) is 18.3 Å². The number of urea groups is 1. The molecule has 4 rings (SSSR count). The molecule has 166 valence electrons. The highest BCUT2D eigenvalue weighted by Gasteiger charge is 2.48. The number of nitrogens with one attached hydrogen (secondary N) is 2. The first-order valence-corrected chi connectivity index (χ1v) is 10.8. The summed E-state index contributed by atoms with van der Waals surface area (Å²) in [5.41, 5.74) is 5.87. The Balaban J connectivity index is 1.63. The van der Waals surface area contributed by atoms with E-state index in [2.05, 4.69) is 36.8 Å². The Morgan fingerprint density at radius 2 is 2.06 bits per heavy atom. The number of halogens is 1. The van der Waals surface area contributed by atoms with Crippen LogP contribution in [0.4, 0.5) is 4.79 Å². The van der Waals surface area contributed by atoms with Crippen LogP contribution in [0.25, 0.3) is 0 Å². The lowest BCUT2D eigenvalue weighted by atomic mass is 10.1. The average molecular weight is 499 g/mol. The first-order chi connectivity index (χ1) is 15.4. The predicted molar refractivity (Wildman–Crippen MR) is 124 cm³/mol. The summed E-state index contributed by atoms with van der Waals surface area (Å²) < 4.78 is 6.27. The fraction of sp³-hybridized carbons (Fsp3) is 0.273. The van der Waals surface area contributed by atoms with E-state index in [0.717, 1.165) is 21.2 Å². The molecule has 0 saturated carbocycles. The highest BCUT2D eigenvalue weighted by molar-refractivity contribution is 9.10. The van der Waals surface area contributed by atoms with Crippen LogP contribution in [0, 0.1) is 6.92 Å². The van der Waals surface area contributed by atoms with Gasteiger partial charge in [0.1, 0.15) is 5.75 Å². The normalized spacial score (nSPS) is 20.3. The number of carbonyl (C=O) groups excluding carboxylic acids is 2. The molecule has 9 nitrogen and oxygen atoms in total. The van der Waals surface area contributed by atoms with Crippen molar-refractivity contribution in [1.29, 1.82) is 0 Å². The SMILES string of the molecule is COc1ccc(Br)cc1/C=N/NC1=NC2C(C(=O)NC(=O)N2C)N1Cc1ccccc1C. The van der Waals surface area contributed by atoms with Gasteiger partial charge in [-0.25, -0.2) is 15.2 Å². The number of fused-ring (bicyclic) bond motifs is 1. The fourth-order valence-corrected chi connectivity index (χ4v) is 4.11. The minimum atomic E-state index is -0.657. The smallest absolute Gasteiger partial charge is 0.325 e. The first-order valence-electron chi connectivity index (χ1n) is 9.98. The molecule has 32 heavy (non-hydrogen) atoms.